The molecule has 0 spiro atoms. The third-order valence-corrected chi connectivity index (χ3v) is 13.6. The van der Waals surface area contributed by atoms with E-state index in [0.717, 1.165) is 18.3 Å². The fraction of sp³-hybridized carbons (Fsp3) is 1.00. The van der Waals surface area contributed by atoms with Crippen LogP contribution in [0.5, 0.6) is 0 Å². The van der Waals surface area contributed by atoms with Gasteiger partial charge in [0.05, 0.1) is 11.7 Å². The third-order valence-electron chi connectivity index (χ3n) is 8.71. The molecule has 27 heavy (non-hydrogen) atoms. The van der Waals surface area contributed by atoms with Crippen LogP contribution in [0.4, 0.5) is 0 Å². The molecule has 2 fully saturated rings. The SMILES string of the molecule is CC[Si](CC)(CC)OC(C)(C)CCC[C@@H](C)[C@H]1CCC2[C@@H](O)CCC[C@@]21C. The Morgan fingerprint density at radius 3 is 2.33 bits per heavy atom. The Morgan fingerprint density at radius 1 is 1.11 bits per heavy atom. The van der Waals surface area contributed by atoms with Crippen molar-refractivity contribution in [3.8, 4) is 0 Å². The van der Waals surface area contributed by atoms with E-state index >= 15 is 0 Å². The molecule has 0 aromatic carbocycles. The largest absolute Gasteiger partial charge is 0.412 e. The van der Waals surface area contributed by atoms with Crippen LogP contribution in [0.25, 0.3) is 0 Å². The lowest BCUT2D eigenvalue weighted by Gasteiger charge is -2.45. The van der Waals surface area contributed by atoms with Crippen molar-refractivity contribution >= 4 is 8.32 Å². The standard InChI is InChI=1S/C24H48O2Si/c1-8-27(9-2,10-3)26-23(5,6)17-11-13-19(4)20-15-16-21-22(25)14-12-18-24(20,21)7/h19-22,25H,8-18H2,1-7H3/t19-,20-,21?,22+,24-/m1/s1. The van der Waals surface area contributed by atoms with Crippen molar-refractivity contribution in [1.29, 1.82) is 0 Å². The molecule has 1 N–H and O–H groups in total. The Bertz CT molecular complexity index is 451. The molecule has 0 radical (unpaired) electrons. The van der Waals surface area contributed by atoms with Crippen LogP contribution in [0.1, 0.15) is 99.8 Å². The van der Waals surface area contributed by atoms with Gasteiger partial charge in [-0.3, -0.25) is 0 Å². The van der Waals surface area contributed by atoms with Crippen LogP contribution in [0.3, 0.4) is 0 Å². The van der Waals surface area contributed by atoms with E-state index in [1.54, 1.807) is 0 Å². The van der Waals surface area contributed by atoms with Crippen molar-refractivity contribution in [1.82, 2.24) is 0 Å². The zero-order valence-corrected chi connectivity index (χ0v) is 20.4. The van der Waals surface area contributed by atoms with Crippen molar-refractivity contribution < 1.29 is 9.53 Å². The van der Waals surface area contributed by atoms with Gasteiger partial charge < -0.3 is 9.53 Å². The predicted octanol–water partition coefficient (Wildman–Crippen LogP) is 7.17. The summed E-state index contributed by atoms with van der Waals surface area (Å²) in [7, 11) is -1.53. The average Bonchev–Trinajstić information content (AvgIpc) is 2.98. The van der Waals surface area contributed by atoms with Crippen LogP contribution in [0.2, 0.25) is 18.1 Å². The van der Waals surface area contributed by atoms with Gasteiger partial charge in [-0.25, -0.2) is 0 Å². The molecular formula is C24H48O2Si. The maximum atomic E-state index is 10.5. The molecule has 160 valence electrons. The Labute approximate surface area is 171 Å². The Kier molecular flexibility index (Phi) is 8.07. The third kappa shape index (κ3) is 5.20. The summed E-state index contributed by atoms with van der Waals surface area (Å²) in [4.78, 5) is 0. The first-order valence-corrected chi connectivity index (χ1v) is 14.5. The van der Waals surface area contributed by atoms with Gasteiger partial charge in [-0.2, -0.15) is 0 Å². The van der Waals surface area contributed by atoms with Gasteiger partial charge in [-0.05, 0) is 87.3 Å². The normalized spacial score (nSPS) is 33.1. The maximum Gasteiger partial charge on any atom is 0.192 e. The Balaban J connectivity index is 1.87. The Morgan fingerprint density at radius 2 is 1.74 bits per heavy atom. The molecular weight excluding hydrogens is 348 g/mol. The molecule has 0 aliphatic heterocycles. The van der Waals surface area contributed by atoms with Gasteiger partial charge in [0.15, 0.2) is 8.32 Å². The van der Waals surface area contributed by atoms with E-state index in [-0.39, 0.29) is 11.7 Å². The minimum absolute atomic E-state index is 0.0249. The molecule has 0 bridgehead atoms. The first kappa shape index (κ1) is 23.4. The lowest BCUT2D eigenvalue weighted by Crippen LogP contribution is -2.44. The zero-order chi connectivity index (χ0) is 20.3. The number of aliphatic hydroxyl groups is 1. The minimum Gasteiger partial charge on any atom is -0.412 e. The first-order valence-electron chi connectivity index (χ1n) is 12.0. The summed E-state index contributed by atoms with van der Waals surface area (Å²) in [6.07, 6.45) is 9.89. The molecule has 1 unspecified atom stereocenters. The molecule has 0 aromatic rings. The van der Waals surface area contributed by atoms with Crippen molar-refractivity contribution in [2.45, 2.75) is 130 Å². The number of rotatable bonds is 10. The highest BCUT2D eigenvalue weighted by Crippen LogP contribution is 2.58. The van der Waals surface area contributed by atoms with E-state index in [2.05, 4.69) is 48.5 Å². The quantitative estimate of drug-likeness (QED) is 0.396. The van der Waals surface area contributed by atoms with Crippen LogP contribution in [-0.4, -0.2) is 25.1 Å². The van der Waals surface area contributed by atoms with Gasteiger partial charge in [0.25, 0.3) is 0 Å². The molecule has 2 saturated carbocycles. The highest BCUT2D eigenvalue weighted by atomic mass is 28.4. The molecule has 0 aromatic heterocycles. The molecule has 2 aliphatic rings. The van der Waals surface area contributed by atoms with E-state index in [4.69, 9.17) is 4.43 Å². The molecule has 0 amide bonds. The van der Waals surface area contributed by atoms with E-state index < -0.39 is 8.32 Å². The van der Waals surface area contributed by atoms with Gasteiger partial charge >= 0.3 is 0 Å². The van der Waals surface area contributed by atoms with Crippen molar-refractivity contribution in [2.75, 3.05) is 0 Å². The summed E-state index contributed by atoms with van der Waals surface area (Å²) in [5.41, 5.74) is 0.412. The van der Waals surface area contributed by atoms with E-state index in [0.29, 0.717) is 11.3 Å². The van der Waals surface area contributed by atoms with Crippen LogP contribution in [-0.2, 0) is 4.43 Å². The highest BCUT2D eigenvalue weighted by molar-refractivity contribution is 6.73. The monoisotopic (exact) mass is 396 g/mol. The maximum absolute atomic E-state index is 10.5. The van der Waals surface area contributed by atoms with Crippen LogP contribution < -0.4 is 0 Å². The smallest absolute Gasteiger partial charge is 0.192 e. The van der Waals surface area contributed by atoms with Crippen molar-refractivity contribution in [3.05, 3.63) is 0 Å². The predicted molar refractivity (Wildman–Crippen MR) is 120 cm³/mol. The van der Waals surface area contributed by atoms with Gasteiger partial charge in [0.2, 0.25) is 0 Å². The zero-order valence-electron chi connectivity index (χ0n) is 19.4. The van der Waals surface area contributed by atoms with Crippen LogP contribution in [0.15, 0.2) is 0 Å². The second-order valence-corrected chi connectivity index (χ2v) is 15.4. The van der Waals surface area contributed by atoms with Gasteiger partial charge in [0, 0.05) is 0 Å². The molecule has 0 saturated heterocycles. The number of hydrogen-bond acceptors (Lipinski definition) is 2. The summed E-state index contributed by atoms with van der Waals surface area (Å²) in [6.45, 7) is 16.6. The molecule has 2 aliphatic carbocycles. The molecule has 2 nitrogen and oxygen atoms in total. The number of aliphatic hydroxyl groups excluding tert-OH is 1. The lowest BCUT2D eigenvalue weighted by atomic mass is 9.61. The van der Waals surface area contributed by atoms with Crippen molar-refractivity contribution in [2.24, 2.45) is 23.2 Å². The molecule has 5 atom stereocenters. The summed E-state index contributed by atoms with van der Waals surface area (Å²) < 4.78 is 6.81. The van der Waals surface area contributed by atoms with Gasteiger partial charge in [0.1, 0.15) is 0 Å². The summed E-state index contributed by atoms with van der Waals surface area (Å²) in [5.74, 6) is 2.13. The second-order valence-electron chi connectivity index (χ2n) is 10.7. The van der Waals surface area contributed by atoms with E-state index in [9.17, 15) is 5.11 Å². The average molecular weight is 397 g/mol. The highest BCUT2D eigenvalue weighted by Gasteiger charge is 2.52. The van der Waals surface area contributed by atoms with Crippen LogP contribution in [0, 0.1) is 23.2 Å². The van der Waals surface area contributed by atoms with Gasteiger partial charge in [-0.1, -0.05) is 53.9 Å². The minimum atomic E-state index is -1.53. The summed E-state index contributed by atoms with van der Waals surface area (Å²) in [6, 6.07) is 3.72. The van der Waals surface area contributed by atoms with Gasteiger partial charge in [-0.15, -0.1) is 0 Å². The fourth-order valence-corrected chi connectivity index (χ4v) is 9.99. The van der Waals surface area contributed by atoms with E-state index in [1.165, 1.54) is 63.1 Å². The topological polar surface area (TPSA) is 29.5 Å². The first-order chi connectivity index (χ1) is 12.6. The van der Waals surface area contributed by atoms with Crippen LogP contribution >= 0.6 is 0 Å². The number of hydrogen-bond donors (Lipinski definition) is 1. The molecule has 0 heterocycles. The Hall–Kier alpha value is 0.137. The lowest BCUT2D eigenvalue weighted by molar-refractivity contribution is -0.0282. The second kappa shape index (κ2) is 9.30. The molecule has 3 heteroatoms. The van der Waals surface area contributed by atoms with E-state index in [1.807, 2.05) is 0 Å². The summed E-state index contributed by atoms with van der Waals surface area (Å²) >= 11 is 0. The molecule has 2 rings (SSSR count). The summed E-state index contributed by atoms with van der Waals surface area (Å²) in [5, 5.41) is 10.5. The fourth-order valence-electron chi connectivity index (χ4n) is 6.78. The van der Waals surface area contributed by atoms with Crippen molar-refractivity contribution in [3.63, 3.8) is 0 Å². The number of fused-ring (bicyclic) bond motifs is 1.